The maximum atomic E-state index is 9.46. The van der Waals surface area contributed by atoms with Crippen molar-refractivity contribution >= 4 is 38.6 Å². The van der Waals surface area contributed by atoms with Crippen LogP contribution >= 0.6 is 0 Å². The van der Waals surface area contributed by atoms with Crippen LogP contribution in [0.5, 0.6) is 0 Å². The summed E-state index contributed by atoms with van der Waals surface area (Å²) in [5.41, 5.74) is 9.30. The monoisotopic (exact) mass is 653 g/mol. The maximum Gasteiger partial charge on any atom is 0.0645 e. The van der Waals surface area contributed by atoms with Crippen molar-refractivity contribution in [1.29, 1.82) is 0 Å². The van der Waals surface area contributed by atoms with Crippen LogP contribution in [0.15, 0.2) is 212 Å². The normalized spacial score (nSPS) is 12.2. The molecule has 0 radical (unpaired) electrons. The Morgan fingerprint density at radius 2 is 0.824 bits per heavy atom. The van der Waals surface area contributed by atoms with Crippen molar-refractivity contribution in [3.8, 4) is 44.5 Å². The van der Waals surface area contributed by atoms with Gasteiger partial charge in [0, 0.05) is 17.1 Å². The molecule has 1 heteroatoms. The lowest BCUT2D eigenvalue weighted by Crippen LogP contribution is -2.09. The van der Waals surface area contributed by atoms with Crippen LogP contribution in [0.1, 0.15) is 5.48 Å². The van der Waals surface area contributed by atoms with E-state index in [1.165, 1.54) is 0 Å². The number of rotatable bonds is 7. The molecule has 0 saturated heterocycles. The van der Waals surface area contributed by atoms with Gasteiger partial charge in [0.1, 0.15) is 0 Å². The SMILES string of the molecule is [2H]c1c([2H])c(N(c2ccccc2)c2ccc(-c3ccc(-c4ccccc4)c(-c4ccccc4)c3)cc2)c([2H])c([2H])c1-c1cc2ccccc2c2ccccc12. The zero-order chi connectivity index (χ0) is 37.5. The highest BCUT2D eigenvalue weighted by molar-refractivity contribution is 6.13. The van der Waals surface area contributed by atoms with Crippen molar-refractivity contribution in [2.45, 2.75) is 0 Å². The second-order valence-electron chi connectivity index (χ2n) is 12.6. The van der Waals surface area contributed by atoms with E-state index in [1.807, 2.05) is 108 Å². The zero-order valence-electron chi connectivity index (χ0n) is 31.8. The lowest BCUT2D eigenvalue weighted by molar-refractivity contribution is 1.28. The van der Waals surface area contributed by atoms with E-state index < -0.39 is 0 Å². The third kappa shape index (κ3) is 5.86. The molecule has 0 aliphatic rings. The van der Waals surface area contributed by atoms with Crippen LogP contribution in [-0.4, -0.2) is 0 Å². The average molecular weight is 654 g/mol. The van der Waals surface area contributed by atoms with Gasteiger partial charge in [-0.2, -0.15) is 0 Å². The van der Waals surface area contributed by atoms with Gasteiger partial charge in [-0.05, 0) is 115 Å². The highest BCUT2D eigenvalue weighted by Crippen LogP contribution is 2.40. The molecule has 0 aliphatic heterocycles. The zero-order valence-corrected chi connectivity index (χ0v) is 27.8. The summed E-state index contributed by atoms with van der Waals surface area (Å²) in [5.74, 6) is 0. The molecule has 0 saturated carbocycles. The molecule has 9 aromatic carbocycles. The van der Waals surface area contributed by atoms with Crippen molar-refractivity contribution in [3.05, 3.63) is 212 Å². The van der Waals surface area contributed by atoms with E-state index in [2.05, 4.69) is 84.9 Å². The largest absolute Gasteiger partial charge is 0.311 e. The summed E-state index contributed by atoms with van der Waals surface area (Å²) in [6, 6.07) is 62.8. The summed E-state index contributed by atoms with van der Waals surface area (Å²) < 4.78 is 37.8. The summed E-state index contributed by atoms with van der Waals surface area (Å²) in [6.45, 7) is 0. The van der Waals surface area contributed by atoms with E-state index >= 15 is 0 Å². The first-order valence-corrected chi connectivity index (χ1v) is 17.2. The fraction of sp³-hybridized carbons (Fsp3) is 0. The molecule has 9 rings (SSSR count). The summed E-state index contributed by atoms with van der Waals surface area (Å²) in [5, 5.41) is 3.95. The molecule has 0 aromatic heterocycles. The summed E-state index contributed by atoms with van der Waals surface area (Å²) >= 11 is 0. The molecular weight excluding hydrogens is 615 g/mol. The fourth-order valence-corrected chi connectivity index (χ4v) is 7.05. The van der Waals surface area contributed by atoms with Crippen molar-refractivity contribution in [3.63, 3.8) is 0 Å². The van der Waals surface area contributed by atoms with E-state index in [1.54, 1.807) is 0 Å². The molecule has 0 unspecified atom stereocenters. The number of benzene rings is 9. The molecular formula is C50H35N. The van der Waals surface area contributed by atoms with Crippen LogP contribution < -0.4 is 4.90 Å². The molecule has 0 fully saturated rings. The molecule has 0 atom stereocenters. The molecule has 0 aliphatic carbocycles. The Balaban J connectivity index is 1.17. The van der Waals surface area contributed by atoms with Crippen molar-refractivity contribution in [1.82, 2.24) is 0 Å². The smallest absolute Gasteiger partial charge is 0.0645 e. The summed E-state index contributed by atoms with van der Waals surface area (Å²) in [6.07, 6.45) is 0. The highest BCUT2D eigenvalue weighted by Gasteiger charge is 2.15. The average Bonchev–Trinajstić information content (AvgIpc) is 3.25. The van der Waals surface area contributed by atoms with Gasteiger partial charge in [-0.1, -0.05) is 164 Å². The Kier molecular flexibility index (Phi) is 6.84. The molecule has 51 heavy (non-hydrogen) atoms. The van der Waals surface area contributed by atoms with Gasteiger partial charge in [-0.25, -0.2) is 0 Å². The van der Waals surface area contributed by atoms with E-state index in [0.717, 1.165) is 66.3 Å². The molecule has 0 heterocycles. The Labute approximate surface area is 305 Å². The van der Waals surface area contributed by atoms with Gasteiger partial charge in [-0.15, -0.1) is 0 Å². The van der Waals surface area contributed by atoms with Gasteiger partial charge in [-0.3, -0.25) is 0 Å². The summed E-state index contributed by atoms with van der Waals surface area (Å²) in [7, 11) is 0. The number of hydrogen-bond donors (Lipinski definition) is 0. The van der Waals surface area contributed by atoms with Crippen LogP contribution in [0.4, 0.5) is 17.1 Å². The van der Waals surface area contributed by atoms with Crippen LogP contribution in [0.25, 0.3) is 66.1 Å². The van der Waals surface area contributed by atoms with Gasteiger partial charge < -0.3 is 4.90 Å². The first-order valence-electron chi connectivity index (χ1n) is 19.2. The van der Waals surface area contributed by atoms with Gasteiger partial charge in [0.2, 0.25) is 0 Å². The molecule has 0 bridgehead atoms. The van der Waals surface area contributed by atoms with Gasteiger partial charge in [0.25, 0.3) is 0 Å². The van der Waals surface area contributed by atoms with Gasteiger partial charge >= 0.3 is 0 Å². The number of para-hydroxylation sites is 1. The number of nitrogens with zero attached hydrogens (tertiary/aromatic N) is 1. The second kappa shape index (κ2) is 13.3. The maximum absolute atomic E-state index is 9.46. The first-order chi connectivity index (χ1) is 27.0. The van der Waals surface area contributed by atoms with E-state index in [9.17, 15) is 5.48 Å². The highest BCUT2D eigenvalue weighted by atomic mass is 15.1. The predicted molar refractivity (Wildman–Crippen MR) is 218 cm³/mol. The van der Waals surface area contributed by atoms with Crippen LogP contribution in [0, 0.1) is 0 Å². The molecule has 0 amide bonds. The molecule has 0 N–H and O–H groups in total. The van der Waals surface area contributed by atoms with Crippen molar-refractivity contribution < 1.29 is 5.48 Å². The molecule has 0 spiro atoms. The molecule has 9 aromatic rings. The Morgan fingerprint density at radius 1 is 0.294 bits per heavy atom. The Hall–Kier alpha value is -6.70. The minimum Gasteiger partial charge on any atom is -0.311 e. The number of anilines is 3. The predicted octanol–water partition coefficient (Wildman–Crippen LogP) is 14.1. The fourth-order valence-electron chi connectivity index (χ4n) is 7.05. The quantitative estimate of drug-likeness (QED) is 0.155. The van der Waals surface area contributed by atoms with Crippen LogP contribution in [0.3, 0.4) is 0 Å². The van der Waals surface area contributed by atoms with Crippen LogP contribution in [0.2, 0.25) is 0 Å². The standard InChI is InChI=1S/C50H35N/c1-4-14-37(15-5-1)46-33-28-40(34-49(46)38-16-6-2-7-17-38)36-24-29-43(30-25-36)51(42-19-8-3-9-20-42)44-31-26-39(27-32-44)50-35-41-18-10-11-21-45(41)47-22-12-13-23-48(47)50/h1-35H/i26D,27D,31D,32D. The van der Waals surface area contributed by atoms with Gasteiger partial charge in [0.05, 0.1) is 5.48 Å². The third-order valence-corrected chi connectivity index (χ3v) is 9.54. The lowest BCUT2D eigenvalue weighted by atomic mass is 9.91. The second-order valence-corrected chi connectivity index (χ2v) is 12.6. The molecule has 1 nitrogen and oxygen atoms in total. The first kappa shape index (κ1) is 26.2. The van der Waals surface area contributed by atoms with E-state index in [4.69, 9.17) is 0 Å². The minimum atomic E-state index is -0.106. The van der Waals surface area contributed by atoms with Gasteiger partial charge in [0.15, 0.2) is 0 Å². The summed E-state index contributed by atoms with van der Waals surface area (Å²) in [4.78, 5) is 1.83. The number of hydrogen-bond acceptors (Lipinski definition) is 1. The van der Waals surface area contributed by atoms with Crippen LogP contribution in [-0.2, 0) is 0 Å². The third-order valence-electron chi connectivity index (χ3n) is 9.54. The Morgan fingerprint density at radius 3 is 1.51 bits per heavy atom. The van der Waals surface area contributed by atoms with Crippen molar-refractivity contribution in [2.75, 3.05) is 4.90 Å². The molecule has 240 valence electrons. The van der Waals surface area contributed by atoms with E-state index in [-0.39, 0.29) is 35.4 Å². The van der Waals surface area contributed by atoms with E-state index in [0.29, 0.717) is 5.56 Å². The Bertz CT molecular complexity index is 2810. The number of fused-ring (bicyclic) bond motifs is 3. The topological polar surface area (TPSA) is 3.24 Å². The lowest BCUT2D eigenvalue weighted by Gasteiger charge is -2.26. The van der Waals surface area contributed by atoms with Crippen molar-refractivity contribution in [2.24, 2.45) is 0 Å². The minimum absolute atomic E-state index is 0.0825.